The zero-order valence-electron chi connectivity index (χ0n) is 16.4. The Balaban J connectivity index is 1.35. The van der Waals surface area contributed by atoms with Gasteiger partial charge in [0.1, 0.15) is 0 Å². The molecule has 29 heavy (non-hydrogen) atoms. The molecule has 1 aliphatic heterocycles. The van der Waals surface area contributed by atoms with Crippen LogP contribution in [0.25, 0.3) is 0 Å². The van der Waals surface area contributed by atoms with Crippen LogP contribution in [0.3, 0.4) is 0 Å². The van der Waals surface area contributed by atoms with Gasteiger partial charge in [-0.2, -0.15) is 0 Å². The van der Waals surface area contributed by atoms with Gasteiger partial charge in [0.15, 0.2) is 0 Å². The van der Waals surface area contributed by atoms with Gasteiger partial charge in [-0.15, -0.1) is 0 Å². The number of carbonyl (C=O) groups is 3. The highest BCUT2D eigenvalue weighted by Gasteiger charge is 2.35. The van der Waals surface area contributed by atoms with E-state index in [4.69, 9.17) is 0 Å². The van der Waals surface area contributed by atoms with E-state index < -0.39 is 0 Å². The van der Waals surface area contributed by atoms with Crippen LogP contribution in [0.5, 0.6) is 0 Å². The average molecular weight is 458 g/mol. The van der Waals surface area contributed by atoms with Crippen molar-refractivity contribution < 1.29 is 14.4 Å². The van der Waals surface area contributed by atoms with Crippen molar-refractivity contribution in [1.29, 1.82) is 0 Å². The summed E-state index contributed by atoms with van der Waals surface area (Å²) in [6.07, 6.45) is 1.57. The van der Waals surface area contributed by atoms with Crippen molar-refractivity contribution in [3.63, 3.8) is 0 Å². The number of anilines is 1. The van der Waals surface area contributed by atoms with Crippen LogP contribution in [0.15, 0.2) is 53.0 Å². The summed E-state index contributed by atoms with van der Waals surface area (Å²) in [5, 5.41) is 2.90. The maximum Gasteiger partial charge on any atom is 0.261 e. The lowest BCUT2D eigenvalue weighted by molar-refractivity contribution is -0.121. The lowest BCUT2D eigenvalue weighted by atomic mass is 10.1. The maximum atomic E-state index is 12.4. The second kappa shape index (κ2) is 9.69. The zero-order valence-corrected chi connectivity index (χ0v) is 17.9. The van der Waals surface area contributed by atoms with Crippen molar-refractivity contribution in [1.82, 2.24) is 10.2 Å². The standard InChI is InChI=1S/C22H24BrN3O3/c1-25(17-7-3-2-4-8-17)13-6-12-24-20(27)9-5-14-26-21(28)18-11-10-16(23)15-19(18)22(26)29/h2-4,7-8,10-11,15H,5-6,9,12-14H2,1H3,(H,24,27). The van der Waals surface area contributed by atoms with Gasteiger partial charge in [-0.05, 0) is 43.2 Å². The molecule has 0 bridgehead atoms. The molecule has 1 heterocycles. The highest BCUT2D eigenvalue weighted by Crippen LogP contribution is 2.26. The molecular formula is C22H24BrN3O3. The molecule has 0 fully saturated rings. The molecule has 3 rings (SSSR count). The summed E-state index contributed by atoms with van der Waals surface area (Å²) in [5.74, 6) is -0.649. The van der Waals surface area contributed by atoms with Crippen LogP contribution in [0.1, 0.15) is 40.0 Å². The Kier molecular flexibility index (Phi) is 7.04. The number of nitrogens with one attached hydrogen (secondary N) is 1. The summed E-state index contributed by atoms with van der Waals surface area (Å²) < 4.78 is 0.761. The molecule has 6 nitrogen and oxygen atoms in total. The van der Waals surface area contributed by atoms with Gasteiger partial charge in [-0.25, -0.2) is 0 Å². The molecule has 0 atom stereocenters. The van der Waals surface area contributed by atoms with Crippen molar-refractivity contribution in [2.45, 2.75) is 19.3 Å². The molecule has 0 aliphatic carbocycles. The van der Waals surface area contributed by atoms with Crippen LogP contribution in [0.2, 0.25) is 0 Å². The van der Waals surface area contributed by atoms with Gasteiger partial charge < -0.3 is 10.2 Å². The monoisotopic (exact) mass is 457 g/mol. The fourth-order valence-electron chi connectivity index (χ4n) is 3.31. The van der Waals surface area contributed by atoms with Crippen LogP contribution < -0.4 is 10.2 Å². The first-order chi connectivity index (χ1) is 14.0. The largest absolute Gasteiger partial charge is 0.375 e. The molecular weight excluding hydrogens is 434 g/mol. The second-order valence-electron chi connectivity index (χ2n) is 7.02. The third kappa shape index (κ3) is 5.23. The number of carbonyl (C=O) groups excluding carboxylic acids is 3. The van der Waals surface area contributed by atoms with Crippen LogP contribution in [-0.2, 0) is 4.79 Å². The number of amides is 3. The van der Waals surface area contributed by atoms with E-state index in [0.29, 0.717) is 24.1 Å². The Morgan fingerprint density at radius 1 is 1.03 bits per heavy atom. The number of nitrogens with zero attached hydrogens (tertiary/aromatic N) is 2. The quantitative estimate of drug-likeness (QED) is 0.462. The van der Waals surface area contributed by atoms with Gasteiger partial charge >= 0.3 is 0 Å². The molecule has 0 aromatic heterocycles. The predicted molar refractivity (Wildman–Crippen MR) is 116 cm³/mol. The van der Waals surface area contributed by atoms with Crippen molar-refractivity contribution >= 4 is 39.3 Å². The molecule has 7 heteroatoms. The van der Waals surface area contributed by atoms with Crippen molar-refractivity contribution in [2.75, 3.05) is 31.6 Å². The highest BCUT2D eigenvalue weighted by molar-refractivity contribution is 9.10. The number of halogens is 1. The summed E-state index contributed by atoms with van der Waals surface area (Å²) in [4.78, 5) is 40.2. The molecule has 2 aromatic carbocycles. The highest BCUT2D eigenvalue weighted by atomic mass is 79.9. The first-order valence-electron chi connectivity index (χ1n) is 9.66. The third-order valence-corrected chi connectivity index (χ3v) is 5.40. The molecule has 1 aliphatic rings. The number of imide groups is 1. The van der Waals surface area contributed by atoms with E-state index >= 15 is 0 Å². The molecule has 0 saturated heterocycles. The minimum absolute atomic E-state index is 0.0632. The SMILES string of the molecule is CN(CCCNC(=O)CCCN1C(=O)c2ccc(Br)cc2C1=O)c1ccccc1. The van der Waals surface area contributed by atoms with Gasteiger partial charge in [0, 0.05) is 43.3 Å². The predicted octanol–water partition coefficient (Wildman–Crippen LogP) is 3.47. The van der Waals surface area contributed by atoms with Gasteiger partial charge in [-0.3, -0.25) is 19.3 Å². The van der Waals surface area contributed by atoms with Gasteiger partial charge in [-0.1, -0.05) is 34.1 Å². The Morgan fingerprint density at radius 2 is 1.76 bits per heavy atom. The second-order valence-corrected chi connectivity index (χ2v) is 7.93. The molecule has 0 radical (unpaired) electrons. The molecule has 1 N–H and O–H groups in total. The smallest absolute Gasteiger partial charge is 0.261 e. The van der Waals surface area contributed by atoms with E-state index in [1.54, 1.807) is 18.2 Å². The summed E-state index contributed by atoms with van der Waals surface area (Å²) in [6.45, 7) is 1.68. The Bertz CT molecular complexity index is 901. The third-order valence-electron chi connectivity index (χ3n) is 4.91. The van der Waals surface area contributed by atoms with E-state index in [-0.39, 0.29) is 30.7 Å². The lowest BCUT2D eigenvalue weighted by Crippen LogP contribution is -2.32. The summed E-state index contributed by atoms with van der Waals surface area (Å²) >= 11 is 3.32. The molecule has 0 spiro atoms. The number of benzene rings is 2. The maximum absolute atomic E-state index is 12.4. The number of para-hydroxylation sites is 1. The van der Waals surface area contributed by atoms with Crippen LogP contribution >= 0.6 is 15.9 Å². The Morgan fingerprint density at radius 3 is 2.52 bits per heavy atom. The van der Waals surface area contributed by atoms with E-state index in [1.165, 1.54) is 4.90 Å². The minimum atomic E-state index is -0.296. The van der Waals surface area contributed by atoms with Crippen molar-refractivity contribution in [3.8, 4) is 0 Å². The summed E-state index contributed by atoms with van der Waals surface area (Å²) in [7, 11) is 2.03. The molecule has 2 aromatic rings. The fourth-order valence-corrected chi connectivity index (χ4v) is 3.67. The minimum Gasteiger partial charge on any atom is -0.375 e. The summed E-state index contributed by atoms with van der Waals surface area (Å²) in [5.41, 5.74) is 1.98. The zero-order chi connectivity index (χ0) is 20.8. The van der Waals surface area contributed by atoms with E-state index in [2.05, 4.69) is 38.3 Å². The Hall–Kier alpha value is -2.67. The van der Waals surface area contributed by atoms with Crippen LogP contribution in [0, 0.1) is 0 Å². The van der Waals surface area contributed by atoms with Gasteiger partial charge in [0.05, 0.1) is 11.1 Å². The number of rotatable bonds is 9. The topological polar surface area (TPSA) is 69.7 Å². The van der Waals surface area contributed by atoms with E-state index in [9.17, 15) is 14.4 Å². The van der Waals surface area contributed by atoms with Crippen LogP contribution in [0.4, 0.5) is 5.69 Å². The summed E-state index contributed by atoms with van der Waals surface area (Å²) in [6, 6.07) is 15.1. The lowest BCUT2D eigenvalue weighted by Gasteiger charge is -2.19. The van der Waals surface area contributed by atoms with E-state index in [1.807, 2.05) is 25.2 Å². The first kappa shape index (κ1) is 21.0. The fraction of sp³-hybridized carbons (Fsp3) is 0.318. The number of fused-ring (bicyclic) bond motifs is 1. The number of hydrogen-bond donors (Lipinski definition) is 1. The average Bonchev–Trinajstić information content (AvgIpc) is 2.96. The molecule has 0 saturated carbocycles. The van der Waals surface area contributed by atoms with Gasteiger partial charge in [0.2, 0.25) is 5.91 Å². The van der Waals surface area contributed by atoms with Crippen molar-refractivity contribution in [3.05, 3.63) is 64.1 Å². The number of hydrogen-bond acceptors (Lipinski definition) is 4. The van der Waals surface area contributed by atoms with Crippen molar-refractivity contribution in [2.24, 2.45) is 0 Å². The van der Waals surface area contributed by atoms with Gasteiger partial charge in [0.25, 0.3) is 11.8 Å². The normalized spacial score (nSPS) is 12.8. The Labute approximate surface area is 179 Å². The first-order valence-corrected chi connectivity index (χ1v) is 10.5. The molecule has 152 valence electrons. The van der Waals surface area contributed by atoms with Crippen LogP contribution in [-0.4, -0.2) is 49.3 Å². The molecule has 3 amide bonds. The van der Waals surface area contributed by atoms with E-state index in [0.717, 1.165) is 23.1 Å². The molecule has 0 unspecified atom stereocenters.